The molecular formula is C22H35Cl2N3O. The highest BCUT2D eigenvalue weighted by Gasteiger charge is 2.34. The lowest BCUT2D eigenvalue weighted by Gasteiger charge is -2.41. The van der Waals surface area contributed by atoms with Gasteiger partial charge in [0.25, 0.3) is 0 Å². The number of halogens is 2. The molecule has 2 unspecified atom stereocenters. The molecule has 0 N–H and O–H groups in total. The van der Waals surface area contributed by atoms with Crippen molar-refractivity contribution in [3.8, 4) is 0 Å². The first-order valence-electron chi connectivity index (χ1n) is 10.4. The van der Waals surface area contributed by atoms with Gasteiger partial charge in [-0.3, -0.25) is 4.79 Å². The van der Waals surface area contributed by atoms with Crippen LogP contribution in [0.15, 0.2) is 24.3 Å². The van der Waals surface area contributed by atoms with E-state index >= 15 is 0 Å². The number of carbonyl (C=O) groups excluding carboxylic acids is 1. The zero-order valence-corrected chi connectivity index (χ0v) is 19.1. The SMILES string of the molecule is CN(C)CCCN(C)C1CCCCCC1N(C(=O)CCCl)c1ccc(Cl)cc1. The first kappa shape index (κ1) is 23.5. The monoisotopic (exact) mass is 427 g/mol. The smallest absolute Gasteiger partial charge is 0.228 e. The first-order chi connectivity index (χ1) is 13.4. The van der Waals surface area contributed by atoms with Crippen LogP contribution in [-0.4, -0.2) is 67.9 Å². The van der Waals surface area contributed by atoms with Crippen molar-refractivity contribution < 1.29 is 4.79 Å². The fourth-order valence-corrected chi connectivity index (χ4v) is 4.50. The zero-order valence-electron chi connectivity index (χ0n) is 17.5. The van der Waals surface area contributed by atoms with Gasteiger partial charge in [-0.05, 0) is 77.8 Å². The van der Waals surface area contributed by atoms with Crippen molar-refractivity contribution >= 4 is 34.8 Å². The van der Waals surface area contributed by atoms with Gasteiger partial charge in [-0.25, -0.2) is 0 Å². The zero-order chi connectivity index (χ0) is 20.5. The minimum atomic E-state index is 0.107. The van der Waals surface area contributed by atoms with Gasteiger partial charge >= 0.3 is 0 Å². The third kappa shape index (κ3) is 6.91. The molecule has 2 rings (SSSR count). The number of anilines is 1. The van der Waals surface area contributed by atoms with Crippen LogP contribution in [-0.2, 0) is 4.79 Å². The van der Waals surface area contributed by atoms with Crippen LogP contribution in [0.1, 0.15) is 44.9 Å². The fraction of sp³-hybridized carbons (Fsp3) is 0.682. The Morgan fingerprint density at radius 1 is 1.00 bits per heavy atom. The molecule has 1 saturated carbocycles. The van der Waals surface area contributed by atoms with Crippen LogP contribution < -0.4 is 4.90 Å². The van der Waals surface area contributed by atoms with Gasteiger partial charge in [0.1, 0.15) is 0 Å². The lowest BCUT2D eigenvalue weighted by molar-refractivity contribution is -0.119. The first-order valence-corrected chi connectivity index (χ1v) is 11.3. The molecule has 28 heavy (non-hydrogen) atoms. The molecule has 1 aromatic rings. The van der Waals surface area contributed by atoms with E-state index in [9.17, 15) is 4.79 Å². The van der Waals surface area contributed by atoms with Crippen molar-refractivity contribution in [1.29, 1.82) is 0 Å². The molecule has 4 nitrogen and oxygen atoms in total. The molecule has 0 spiro atoms. The van der Waals surface area contributed by atoms with Gasteiger partial charge in [-0.15, -0.1) is 11.6 Å². The number of likely N-dealkylation sites (N-methyl/N-ethyl adjacent to an activating group) is 1. The number of hydrogen-bond acceptors (Lipinski definition) is 3. The molecular weight excluding hydrogens is 393 g/mol. The summed E-state index contributed by atoms with van der Waals surface area (Å²) in [5.41, 5.74) is 0.929. The molecule has 0 saturated heterocycles. The quantitative estimate of drug-likeness (QED) is 0.414. The van der Waals surface area contributed by atoms with Gasteiger partial charge < -0.3 is 14.7 Å². The minimum absolute atomic E-state index is 0.107. The Bertz CT molecular complexity index is 594. The molecule has 6 heteroatoms. The average Bonchev–Trinajstić information content (AvgIpc) is 2.89. The second-order valence-corrected chi connectivity index (χ2v) is 8.90. The van der Waals surface area contributed by atoms with E-state index in [0.29, 0.717) is 23.4 Å². The Labute approximate surface area is 180 Å². The number of hydrogen-bond donors (Lipinski definition) is 0. The van der Waals surface area contributed by atoms with Crippen molar-refractivity contribution in [2.45, 2.75) is 57.0 Å². The van der Waals surface area contributed by atoms with Crippen LogP contribution in [0.3, 0.4) is 0 Å². The maximum absolute atomic E-state index is 13.1. The van der Waals surface area contributed by atoms with E-state index in [4.69, 9.17) is 23.2 Å². The predicted octanol–water partition coefficient (Wildman–Crippen LogP) is 4.89. The maximum atomic E-state index is 13.1. The topological polar surface area (TPSA) is 26.8 Å². The Balaban J connectivity index is 2.27. The number of rotatable bonds is 9. The molecule has 1 aromatic carbocycles. The van der Waals surface area contributed by atoms with Crippen molar-refractivity contribution in [2.24, 2.45) is 0 Å². The van der Waals surface area contributed by atoms with Gasteiger partial charge in [0.05, 0.1) is 6.04 Å². The molecule has 1 fully saturated rings. The highest BCUT2D eigenvalue weighted by Crippen LogP contribution is 2.31. The van der Waals surface area contributed by atoms with Gasteiger partial charge in [0.2, 0.25) is 5.91 Å². The number of amides is 1. The molecule has 158 valence electrons. The van der Waals surface area contributed by atoms with Crippen LogP contribution in [0.2, 0.25) is 5.02 Å². The molecule has 0 aromatic heterocycles. The van der Waals surface area contributed by atoms with E-state index in [-0.39, 0.29) is 11.9 Å². The summed E-state index contributed by atoms with van der Waals surface area (Å²) in [5, 5.41) is 0.687. The van der Waals surface area contributed by atoms with Gasteiger partial charge in [-0.2, -0.15) is 0 Å². The third-order valence-electron chi connectivity index (χ3n) is 5.64. The second-order valence-electron chi connectivity index (χ2n) is 8.09. The average molecular weight is 428 g/mol. The summed E-state index contributed by atoms with van der Waals surface area (Å²) in [4.78, 5) is 19.8. The summed E-state index contributed by atoms with van der Waals surface area (Å²) in [5.74, 6) is 0.454. The van der Waals surface area contributed by atoms with E-state index in [1.165, 1.54) is 12.8 Å². The molecule has 2 atom stereocenters. The lowest BCUT2D eigenvalue weighted by Crippen LogP contribution is -2.53. The number of carbonyl (C=O) groups is 1. The van der Waals surface area contributed by atoms with Crippen LogP contribution in [0.25, 0.3) is 0 Å². The van der Waals surface area contributed by atoms with E-state index in [2.05, 4.69) is 30.9 Å². The van der Waals surface area contributed by atoms with Crippen molar-refractivity contribution in [3.63, 3.8) is 0 Å². The number of alkyl halides is 1. The normalized spacial score (nSPS) is 20.4. The maximum Gasteiger partial charge on any atom is 0.228 e. The van der Waals surface area contributed by atoms with Crippen LogP contribution >= 0.6 is 23.2 Å². The summed E-state index contributed by atoms with van der Waals surface area (Å²) < 4.78 is 0. The van der Waals surface area contributed by atoms with Crippen LogP contribution in [0.5, 0.6) is 0 Å². The molecule has 1 aliphatic carbocycles. The highest BCUT2D eigenvalue weighted by molar-refractivity contribution is 6.30. The summed E-state index contributed by atoms with van der Waals surface area (Å²) in [6, 6.07) is 8.18. The molecule has 0 aliphatic heterocycles. The number of benzene rings is 1. The Morgan fingerprint density at radius 3 is 2.25 bits per heavy atom. The van der Waals surface area contributed by atoms with E-state index in [1.807, 2.05) is 29.2 Å². The predicted molar refractivity (Wildman–Crippen MR) is 121 cm³/mol. The Kier molecular flexibility index (Phi) is 10.1. The van der Waals surface area contributed by atoms with E-state index < -0.39 is 0 Å². The Hall–Kier alpha value is -0.810. The Morgan fingerprint density at radius 2 is 1.64 bits per heavy atom. The van der Waals surface area contributed by atoms with Crippen LogP contribution in [0.4, 0.5) is 5.69 Å². The highest BCUT2D eigenvalue weighted by atomic mass is 35.5. The summed E-state index contributed by atoms with van der Waals surface area (Å²) in [7, 11) is 6.44. The number of nitrogens with zero attached hydrogens (tertiary/aromatic N) is 3. The third-order valence-corrected chi connectivity index (χ3v) is 6.08. The largest absolute Gasteiger partial charge is 0.309 e. The molecule has 0 bridgehead atoms. The minimum Gasteiger partial charge on any atom is -0.309 e. The van der Waals surface area contributed by atoms with E-state index in [0.717, 1.165) is 44.5 Å². The molecule has 1 amide bonds. The second kappa shape index (κ2) is 12.0. The summed E-state index contributed by atoms with van der Waals surface area (Å²) in [6.45, 7) is 2.12. The van der Waals surface area contributed by atoms with Gasteiger partial charge in [0, 0.05) is 29.1 Å². The van der Waals surface area contributed by atoms with Crippen molar-refractivity contribution in [1.82, 2.24) is 9.80 Å². The molecule has 0 radical (unpaired) electrons. The standard InChI is InChI=1S/C22H35Cl2N3O/c1-25(2)16-7-17-26(3)20-8-5-4-6-9-21(20)27(22(28)14-15-23)19-12-10-18(24)11-13-19/h10-13,20-21H,4-9,14-17H2,1-3H3. The van der Waals surface area contributed by atoms with Gasteiger partial charge in [-0.1, -0.05) is 30.9 Å². The summed E-state index contributed by atoms with van der Waals surface area (Å²) >= 11 is 12.0. The summed E-state index contributed by atoms with van der Waals surface area (Å²) in [6.07, 6.45) is 7.25. The van der Waals surface area contributed by atoms with Gasteiger partial charge in [0.15, 0.2) is 0 Å². The lowest BCUT2D eigenvalue weighted by atomic mass is 9.98. The van der Waals surface area contributed by atoms with Crippen molar-refractivity contribution in [2.75, 3.05) is 45.0 Å². The van der Waals surface area contributed by atoms with Crippen LogP contribution in [0, 0.1) is 0 Å². The van der Waals surface area contributed by atoms with Crippen molar-refractivity contribution in [3.05, 3.63) is 29.3 Å². The fourth-order valence-electron chi connectivity index (χ4n) is 4.21. The van der Waals surface area contributed by atoms with E-state index in [1.54, 1.807) is 0 Å². The molecule has 1 aliphatic rings. The molecule has 0 heterocycles.